The van der Waals surface area contributed by atoms with Crippen LogP contribution in [0.5, 0.6) is 0 Å². The molecule has 0 saturated carbocycles. The number of nitrogens with zero attached hydrogens (tertiary/aromatic N) is 5. The van der Waals surface area contributed by atoms with Crippen LogP contribution in [0.1, 0.15) is 34.9 Å². The third kappa shape index (κ3) is 3.80. The van der Waals surface area contributed by atoms with Crippen molar-refractivity contribution < 1.29 is 4.79 Å². The Balaban J connectivity index is 1.38. The van der Waals surface area contributed by atoms with Crippen molar-refractivity contribution in [2.45, 2.75) is 25.4 Å². The first-order valence-corrected chi connectivity index (χ1v) is 8.78. The number of carbonyl (C=O) groups excluding carboxylic acids is 1. The summed E-state index contributed by atoms with van der Waals surface area (Å²) in [5.41, 5.74) is 2.11. The lowest BCUT2D eigenvalue weighted by Crippen LogP contribution is -2.29. The molecule has 0 bridgehead atoms. The first-order valence-electron chi connectivity index (χ1n) is 8.78. The number of nitrogens with one attached hydrogen (secondary N) is 2. The molecule has 1 aliphatic rings. The predicted octanol–water partition coefficient (Wildman–Crippen LogP) is 1.70. The molecular formula is C18H21N7O. The molecule has 1 aliphatic heterocycles. The molecule has 0 aliphatic carbocycles. The Morgan fingerprint density at radius 3 is 2.81 bits per heavy atom. The highest BCUT2D eigenvalue weighted by molar-refractivity contribution is 6.02. The Hall–Kier alpha value is -3.00. The molecule has 4 rings (SSSR count). The van der Waals surface area contributed by atoms with Crippen molar-refractivity contribution in [3.63, 3.8) is 0 Å². The van der Waals surface area contributed by atoms with E-state index in [0.29, 0.717) is 24.0 Å². The molecule has 26 heavy (non-hydrogen) atoms. The maximum atomic E-state index is 12.4. The Bertz CT molecular complexity index is 865. The summed E-state index contributed by atoms with van der Waals surface area (Å²) in [7, 11) is 0. The Labute approximate surface area is 151 Å². The fourth-order valence-electron chi connectivity index (χ4n) is 3.11. The number of hydrogen-bond acceptors (Lipinski definition) is 5. The summed E-state index contributed by atoms with van der Waals surface area (Å²) < 4.78 is 3.59. The van der Waals surface area contributed by atoms with E-state index >= 15 is 0 Å². The van der Waals surface area contributed by atoms with Gasteiger partial charge in [0, 0.05) is 6.20 Å². The maximum absolute atomic E-state index is 12.4. The first kappa shape index (κ1) is 16.5. The maximum Gasteiger partial charge on any atom is 0.277 e. The van der Waals surface area contributed by atoms with Gasteiger partial charge < -0.3 is 10.6 Å². The van der Waals surface area contributed by atoms with Gasteiger partial charge in [0.15, 0.2) is 5.69 Å². The quantitative estimate of drug-likeness (QED) is 0.730. The number of anilines is 1. The van der Waals surface area contributed by atoms with Gasteiger partial charge >= 0.3 is 0 Å². The molecule has 0 radical (unpaired) electrons. The molecule has 134 valence electrons. The number of rotatable bonds is 5. The Morgan fingerprint density at radius 2 is 2.00 bits per heavy atom. The zero-order valence-electron chi connectivity index (χ0n) is 14.4. The van der Waals surface area contributed by atoms with Gasteiger partial charge in [-0.05, 0) is 31.5 Å². The summed E-state index contributed by atoms with van der Waals surface area (Å²) in [5, 5.41) is 18.6. The van der Waals surface area contributed by atoms with Gasteiger partial charge in [-0.1, -0.05) is 35.5 Å². The molecular weight excluding hydrogens is 330 g/mol. The van der Waals surface area contributed by atoms with Crippen LogP contribution in [0.3, 0.4) is 0 Å². The van der Waals surface area contributed by atoms with Gasteiger partial charge in [0.2, 0.25) is 0 Å². The number of piperidine rings is 1. The van der Waals surface area contributed by atoms with Crippen LogP contribution in [0.2, 0.25) is 0 Å². The normalized spacial score (nSPS) is 15.1. The average Bonchev–Trinajstić information content (AvgIpc) is 3.33. The summed E-state index contributed by atoms with van der Waals surface area (Å²) >= 11 is 0. The lowest BCUT2D eigenvalue weighted by Gasteiger charge is -2.22. The zero-order chi connectivity index (χ0) is 17.8. The van der Waals surface area contributed by atoms with Gasteiger partial charge in [0.05, 0.1) is 30.7 Å². The predicted molar refractivity (Wildman–Crippen MR) is 96.9 cm³/mol. The molecule has 2 aromatic heterocycles. The molecule has 8 heteroatoms. The van der Waals surface area contributed by atoms with Crippen molar-refractivity contribution in [3.8, 4) is 0 Å². The zero-order valence-corrected chi connectivity index (χ0v) is 14.4. The summed E-state index contributed by atoms with van der Waals surface area (Å²) in [6.07, 6.45) is 7.16. The van der Waals surface area contributed by atoms with Crippen LogP contribution in [0.25, 0.3) is 0 Å². The van der Waals surface area contributed by atoms with Gasteiger partial charge in [-0.25, -0.2) is 4.68 Å². The molecule has 8 nitrogen and oxygen atoms in total. The minimum Gasteiger partial charge on any atom is -0.318 e. The van der Waals surface area contributed by atoms with E-state index < -0.39 is 0 Å². The van der Waals surface area contributed by atoms with Crippen molar-refractivity contribution in [2.24, 2.45) is 0 Å². The monoisotopic (exact) mass is 351 g/mol. The highest BCUT2D eigenvalue weighted by Crippen LogP contribution is 2.17. The SMILES string of the molecule is O=C(Nc1cnn(Cc2ccccc2)c1)c1cn(C2CCNCC2)nn1. The number of amides is 1. The molecule has 0 spiro atoms. The van der Waals surface area contributed by atoms with Crippen LogP contribution in [-0.4, -0.2) is 43.8 Å². The van der Waals surface area contributed by atoms with E-state index in [1.54, 1.807) is 21.8 Å². The fraction of sp³-hybridized carbons (Fsp3) is 0.333. The molecule has 1 amide bonds. The molecule has 1 fully saturated rings. The van der Waals surface area contributed by atoms with Crippen LogP contribution < -0.4 is 10.6 Å². The molecule has 0 atom stereocenters. The van der Waals surface area contributed by atoms with Crippen molar-refractivity contribution in [1.29, 1.82) is 0 Å². The minimum absolute atomic E-state index is 0.274. The van der Waals surface area contributed by atoms with Crippen LogP contribution in [0.15, 0.2) is 48.9 Å². The van der Waals surface area contributed by atoms with Gasteiger partial charge in [-0.15, -0.1) is 5.10 Å². The Kier molecular flexibility index (Phi) is 4.74. The number of carbonyl (C=O) groups is 1. The topological polar surface area (TPSA) is 89.7 Å². The molecule has 1 aromatic carbocycles. The van der Waals surface area contributed by atoms with E-state index in [1.165, 1.54) is 0 Å². The van der Waals surface area contributed by atoms with Crippen LogP contribution in [0, 0.1) is 0 Å². The number of hydrogen-bond donors (Lipinski definition) is 2. The Morgan fingerprint density at radius 1 is 1.19 bits per heavy atom. The summed E-state index contributed by atoms with van der Waals surface area (Å²) in [6.45, 7) is 2.59. The lowest BCUT2D eigenvalue weighted by atomic mass is 10.1. The molecule has 1 saturated heterocycles. The second kappa shape index (κ2) is 7.49. The van der Waals surface area contributed by atoms with E-state index in [1.807, 2.05) is 36.5 Å². The number of aromatic nitrogens is 5. The number of benzene rings is 1. The average molecular weight is 351 g/mol. The molecule has 2 N–H and O–H groups in total. The molecule has 3 heterocycles. The standard InChI is InChI=1S/C18H21N7O/c26-18(17-13-25(23-22-17)16-6-8-19-9-7-16)21-15-10-20-24(12-15)11-14-4-2-1-3-5-14/h1-5,10,12-13,16,19H,6-9,11H2,(H,21,26). The van der Waals surface area contributed by atoms with Crippen molar-refractivity contribution in [2.75, 3.05) is 18.4 Å². The van der Waals surface area contributed by atoms with Gasteiger partial charge in [0.1, 0.15) is 0 Å². The van der Waals surface area contributed by atoms with Gasteiger partial charge in [-0.2, -0.15) is 5.10 Å². The van der Waals surface area contributed by atoms with Crippen LogP contribution >= 0.6 is 0 Å². The smallest absolute Gasteiger partial charge is 0.277 e. The fourth-order valence-corrected chi connectivity index (χ4v) is 3.11. The molecule has 0 unspecified atom stereocenters. The highest BCUT2D eigenvalue weighted by Gasteiger charge is 2.19. The van der Waals surface area contributed by atoms with Crippen molar-refractivity contribution >= 4 is 11.6 Å². The second-order valence-electron chi connectivity index (χ2n) is 6.43. The van der Waals surface area contributed by atoms with E-state index in [4.69, 9.17) is 0 Å². The largest absolute Gasteiger partial charge is 0.318 e. The minimum atomic E-state index is -0.274. The van der Waals surface area contributed by atoms with Gasteiger partial charge in [-0.3, -0.25) is 9.48 Å². The van der Waals surface area contributed by atoms with E-state index in [0.717, 1.165) is 31.5 Å². The van der Waals surface area contributed by atoms with Gasteiger partial charge in [0.25, 0.3) is 5.91 Å². The summed E-state index contributed by atoms with van der Waals surface area (Å²) in [5.74, 6) is -0.274. The van der Waals surface area contributed by atoms with E-state index in [2.05, 4.69) is 26.0 Å². The second-order valence-corrected chi connectivity index (χ2v) is 6.43. The summed E-state index contributed by atoms with van der Waals surface area (Å²) in [4.78, 5) is 12.4. The van der Waals surface area contributed by atoms with Crippen molar-refractivity contribution in [3.05, 3.63) is 60.2 Å². The van der Waals surface area contributed by atoms with E-state index in [-0.39, 0.29) is 5.91 Å². The third-order valence-corrected chi connectivity index (χ3v) is 4.50. The lowest BCUT2D eigenvalue weighted by molar-refractivity contribution is 0.102. The van der Waals surface area contributed by atoms with Crippen LogP contribution in [0.4, 0.5) is 5.69 Å². The van der Waals surface area contributed by atoms with Crippen LogP contribution in [-0.2, 0) is 6.54 Å². The third-order valence-electron chi connectivity index (χ3n) is 4.50. The van der Waals surface area contributed by atoms with Crippen molar-refractivity contribution in [1.82, 2.24) is 30.1 Å². The summed E-state index contributed by atoms with van der Waals surface area (Å²) in [6, 6.07) is 10.4. The first-order chi connectivity index (χ1) is 12.8. The van der Waals surface area contributed by atoms with E-state index in [9.17, 15) is 4.79 Å². The molecule has 3 aromatic rings. The highest BCUT2D eigenvalue weighted by atomic mass is 16.2.